The van der Waals surface area contributed by atoms with Gasteiger partial charge in [-0.25, -0.2) is 17.5 Å². The van der Waals surface area contributed by atoms with Gasteiger partial charge in [0.25, 0.3) is 0 Å². The monoisotopic (exact) mass is 365 g/mol. The van der Waals surface area contributed by atoms with Crippen molar-refractivity contribution in [2.45, 2.75) is 36.7 Å². The molecule has 1 saturated carbocycles. The standard InChI is InChI=1S/C13H17BrFNO3S/c14-11-7-10(15)5-6-13(11)20(18,19)16-8-9-3-1-2-4-12(9)17/h5-7,9,12,16-17H,1-4,8H2. The summed E-state index contributed by atoms with van der Waals surface area (Å²) in [5.41, 5.74) is 0. The van der Waals surface area contributed by atoms with Crippen molar-refractivity contribution in [3.05, 3.63) is 28.5 Å². The largest absolute Gasteiger partial charge is 0.393 e. The van der Waals surface area contributed by atoms with Crippen molar-refractivity contribution in [3.63, 3.8) is 0 Å². The molecule has 4 nitrogen and oxygen atoms in total. The van der Waals surface area contributed by atoms with Crippen LogP contribution in [0.4, 0.5) is 4.39 Å². The summed E-state index contributed by atoms with van der Waals surface area (Å²) < 4.78 is 40.0. The molecule has 0 radical (unpaired) electrons. The predicted octanol–water partition coefficient (Wildman–Crippen LogP) is 2.42. The van der Waals surface area contributed by atoms with Crippen LogP contribution in [0.3, 0.4) is 0 Å². The highest BCUT2D eigenvalue weighted by Gasteiger charge is 2.26. The van der Waals surface area contributed by atoms with E-state index in [0.717, 1.165) is 31.4 Å². The van der Waals surface area contributed by atoms with Gasteiger partial charge < -0.3 is 5.11 Å². The van der Waals surface area contributed by atoms with Gasteiger partial charge in [-0.15, -0.1) is 0 Å². The Bertz CT molecular complexity index is 579. The minimum Gasteiger partial charge on any atom is -0.393 e. The molecule has 0 bridgehead atoms. The van der Waals surface area contributed by atoms with Crippen LogP contribution in [0.1, 0.15) is 25.7 Å². The quantitative estimate of drug-likeness (QED) is 0.860. The molecule has 0 saturated heterocycles. The van der Waals surface area contributed by atoms with Crippen LogP contribution in [-0.2, 0) is 10.0 Å². The van der Waals surface area contributed by atoms with E-state index < -0.39 is 21.9 Å². The average Bonchev–Trinajstić information content (AvgIpc) is 2.37. The van der Waals surface area contributed by atoms with E-state index in [1.807, 2.05) is 0 Å². The van der Waals surface area contributed by atoms with Crippen LogP contribution in [0.15, 0.2) is 27.6 Å². The normalized spacial score (nSPS) is 23.8. The van der Waals surface area contributed by atoms with Crippen molar-refractivity contribution in [2.75, 3.05) is 6.54 Å². The number of aliphatic hydroxyl groups excluding tert-OH is 1. The number of aliphatic hydroxyl groups is 1. The van der Waals surface area contributed by atoms with Crippen LogP contribution in [0.25, 0.3) is 0 Å². The predicted molar refractivity (Wildman–Crippen MR) is 77.3 cm³/mol. The van der Waals surface area contributed by atoms with Gasteiger partial charge >= 0.3 is 0 Å². The molecular weight excluding hydrogens is 349 g/mol. The third kappa shape index (κ3) is 3.78. The Morgan fingerprint density at radius 3 is 2.70 bits per heavy atom. The van der Waals surface area contributed by atoms with Crippen LogP contribution < -0.4 is 4.72 Å². The van der Waals surface area contributed by atoms with Crippen molar-refractivity contribution in [1.82, 2.24) is 4.72 Å². The smallest absolute Gasteiger partial charge is 0.241 e. The molecule has 0 heterocycles. The summed E-state index contributed by atoms with van der Waals surface area (Å²) in [6.07, 6.45) is 3.06. The van der Waals surface area contributed by atoms with Crippen LogP contribution in [0.2, 0.25) is 0 Å². The molecule has 1 aliphatic rings. The molecule has 0 aliphatic heterocycles. The lowest BCUT2D eigenvalue weighted by Crippen LogP contribution is -2.36. The first kappa shape index (κ1) is 15.9. The Balaban J connectivity index is 2.07. The molecule has 1 fully saturated rings. The maximum Gasteiger partial charge on any atom is 0.241 e. The fraction of sp³-hybridized carbons (Fsp3) is 0.538. The van der Waals surface area contributed by atoms with Crippen molar-refractivity contribution >= 4 is 26.0 Å². The van der Waals surface area contributed by atoms with Crippen molar-refractivity contribution in [1.29, 1.82) is 0 Å². The van der Waals surface area contributed by atoms with Gasteiger partial charge in [0, 0.05) is 11.0 Å². The molecule has 1 aliphatic carbocycles. The summed E-state index contributed by atoms with van der Waals surface area (Å²) >= 11 is 3.05. The van der Waals surface area contributed by atoms with E-state index in [1.165, 1.54) is 6.07 Å². The first-order valence-corrected chi connectivity index (χ1v) is 8.80. The molecule has 0 spiro atoms. The van der Waals surface area contributed by atoms with Gasteiger partial charge in [-0.05, 0) is 52.9 Å². The van der Waals surface area contributed by atoms with Gasteiger partial charge in [-0.1, -0.05) is 12.8 Å². The van der Waals surface area contributed by atoms with Crippen molar-refractivity contribution in [2.24, 2.45) is 5.92 Å². The molecular formula is C13H17BrFNO3S. The van der Waals surface area contributed by atoms with E-state index >= 15 is 0 Å². The number of nitrogens with one attached hydrogen (secondary N) is 1. The number of hydrogen-bond donors (Lipinski definition) is 2. The minimum absolute atomic E-state index is 0.00389. The van der Waals surface area contributed by atoms with Crippen molar-refractivity contribution in [3.8, 4) is 0 Å². The molecule has 1 aromatic rings. The molecule has 112 valence electrons. The summed E-state index contributed by atoms with van der Waals surface area (Å²) in [6, 6.07) is 3.44. The average molecular weight is 366 g/mol. The summed E-state index contributed by atoms with van der Waals surface area (Å²) in [4.78, 5) is 0.00389. The van der Waals surface area contributed by atoms with Crippen LogP contribution in [0.5, 0.6) is 0 Å². The van der Waals surface area contributed by atoms with E-state index in [1.54, 1.807) is 0 Å². The molecule has 20 heavy (non-hydrogen) atoms. The zero-order valence-electron chi connectivity index (χ0n) is 10.9. The molecule has 0 aromatic heterocycles. The topological polar surface area (TPSA) is 66.4 Å². The van der Waals surface area contributed by atoms with E-state index in [4.69, 9.17) is 0 Å². The lowest BCUT2D eigenvalue weighted by Gasteiger charge is -2.27. The lowest BCUT2D eigenvalue weighted by atomic mass is 9.87. The number of rotatable bonds is 4. The van der Waals surface area contributed by atoms with Gasteiger partial charge in [-0.2, -0.15) is 0 Å². The Morgan fingerprint density at radius 1 is 1.35 bits per heavy atom. The SMILES string of the molecule is O=S(=O)(NCC1CCCCC1O)c1ccc(F)cc1Br. The minimum atomic E-state index is -3.71. The number of sulfonamides is 1. The van der Waals surface area contributed by atoms with Gasteiger partial charge in [0.15, 0.2) is 0 Å². The van der Waals surface area contributed by atoms with Gasteiger partial charge in [-0.3, -0.25) is 0 Å². The Morgan fingerprint density at radius 2 is 2.05 bits per heavy atom. The van der Waals surface area contributed by atoms with Crippen LogP contribution in [0, 0.1) is 11.7 Å². The second-order valence-corrected chi connectivity index (χ2v) is 7.63. The highest BCUT2D eigenvalue weighted by atomic mass is 79.9. The Labute approximate surface area is 126 Å². The summed E-state index contributed by atoms with van der Waals surface area (Å²) in [5, 5.41) is 9.83. The fourth-order valence-electron chi connectivity index (χ4n) is 2.41. The van der Waals surface area contributed by atoms with Crippen molar-refractivity contribution < 1.29 is 17.9 Å². The molecule has 2 atom stereocenters. The zero-order valence-corrected chi connectivity index (χ0v) is 13.3. The van der Waals surface area contributed by atoms with Gasteiger partial charge in [0.1, 0.15) is 5.82 Å². The molecule has 7 heteroatoms. The molecule has 0 amide bonds. The molecule has 2 N–H and O–H groups in total. The second kappa shape index (κ2) is 6.51. The number of halogens is 2. The highest BCUT2D eigenvalue weighted by Crippen LogP contribution is 2.26. The highest BCUT2D eigenvalue weighted by molar-refractivity contribution is 9.10. The zero-order chi connectivity index (χ0) is 14.8. The van der Waals surface area contributed by atoms with E-state index in [0.29, 0.717) is 6.42 Å². The maximum absolute atomic E-state index is 13.0. The van der Waals surface area contributed by atoms with Gasteiger partial charge in [0.2, 0.25) is 10.0 Å². The second-order valence-electron chi connectivity index (χ2n) is 5.04. The summed E-state index contributed by atoms with van der Waals surface area (Å²) in [5.74, 6) is -0.559. The maximum atomic E-state index is 13.0. The molecule has 1 aromatic carbocycles. The first-order chi connectivity index (χ1) is 9.40. The van der Waals surface area contributed by atoms with E-state index in [2.05, 4.69) is 20.7 Å². The summed E-state index contributed by atoms with van der Waals surface area (Å²) in [6.45, 7) is 0.202. The Hall–Kier alpha value is -0.500. The number of benzene rings is 1. The lowest BCUT2D eigenvalue weighted by molar-refractivity contribution is 0.0724. The summed E-state index contributed by atoms with van der Waals surface area (Å²) in [7, 11) is -3.71. The molecule has 2 unspecified atom stereocenters. The fourth-order valence-corrected chi connectivity index (χ4v) is 4.56. The van der Waals surface area contributed by atoms with E-state index in [9.17, 15) is 17.9 Å². The van der Waals surface area contributed by atoms with Crippen LogP contribution >= 0.6 is 15.9 Å². The van der Waals surface area contributed by atoms with Gasteiger partial charge in [0.05, 0.1) is 11.0 Å². The third-order valence-corrected chi connectivity index (χ3v) is 5.99. The van der Waals surface area contributed by atoms with E-state index in [-0.39, 0.29) is 21.8 Å². The van der Waals surface area contributed by atoms with Crippen LogP contribution in [-0.4, -0.2) is 26.2 Å². The number of hydrogen-bond acceptors (Lipinski definition) is 3. The Kier molecular flexibility index (Phi) is 5.17. The molecule has 2 rings (SSSR count). The first-order valence-electron chi connectivity index (χ1n) is 6.53. The third-order valence-electron chi connectivity index (χ3n) is 3.59.